The van der Waals surface area contributed by atoms with Crippen LogP contribution in [0, 0.1) is 5.82 Å². The number of amides is 1. The second-order valence-electron chi connectivity index (χ2n) is 6.17. The fraction of sp³-hybridized carbons (Fsp3) is 0.278. The zero-order valence-corrected chi connectivity index (χ0v) is 14.5. The van der Waals surface area contributed by atoms with Gasteiger partial charge in [0.25, 0.3) is 5.91 Å². The number of carbonyl (C=O) groups is 1. The number of hydrogen-bond donors (Lipinski definition) is 2. The predicted molar refractivity (Wildman–Crippen MR) is 92.1 cm³/mol. The lowest BCUT2D eigenvalue weighted by molar-refractivity contribution is 0.0939. The molecule has 0 unspecified atom stereocenters. The van der Waals surface area contributed by atoms with Crippen LogP contribution in [-0.4, -0.2) is 20.4 Å². The molecule has 0 heterocycles. The Kier molecular flexibility index (Phi) is 4.87. The van der Waals surface area contributed by atoms with Crippen LogP contribution in [0.15, 0.2) is 53.4 Å². The third-order valence-electron chi connectivity index (χ3n) is 4.02. The molecule has 3 rings (SSSR count). The molecule has 1 amide bonds. The quantitative estimate of drug-likeness (QED) is 0.830. The molecule has 1 aliphatic carbocycles. The smallest absolute Gasteiger partial charge is 0.251 e. The largest absolute Gasteiger partial charge is 0.346 e. The van der Waals surface area contributed by atoms with Gasteiger partial charge in [0, 0.05) is 11.6 Å². The summed E-state index contributed by atoms with van der Waals surface area (Å²) in [4.78, 5) is 12.5. The number of benzene rings is 2. The number of sulfonamides is 1. The Hall–Kier alpha value is -2.25. The first kappa shape index (κ1) is 17.6. The molecule has 0 spiro atoms. The summed E-state index contributed by atoms with van der Waals surface area (Å²) >= 11 is 0. The molecule has 0 saturated heterocycles. The highest BCUT2D eigenvalue weighted by Crippen LogP contribution is 2.22. The molecule has 132 valence electrons. The van der Waals surface area contributed by atoms with Gasteiger partial charge in [-0.15, -0.1) is 0 Å². The van der Waals surface area contributed by atoms with Crippen molar-refractivity contribution in [3.05, 3.63) is 65.5 Å². The summed E-state index contributed by atoms with van der Waals surface area (Å²) in [5, 5.41) is 2.79. The van der Waals surface area contributed by atoms with Gasteiger partial charge >= 0.3 is 0 Å². The van der Waals surface area contributed by atoms with Crippen molar-refractivity contribution in [1.82, 2.24) is 10.0 Å². The molecule has 1 atom stereocenters. The van der Waals surface area contributed by atoms with Crippen LogP contribution in [0.25, 0.3) is 0 Å². The van der Waals surface area contributed by atoms with Crippen molar-refractivity contribution >= 4 is 15.9 Å². The second kappa shape index (κ2) is 6.93. The minimum atomic E-state index is -3.61. The fourth-order valence-electron chi connectivity index (χ4n) is 2.41. The second-order valence-corrected chi connectivity index (χ2v) is 7.88. The number of nitrogens with one attached hydrogen (secondary N) is 2. The van der Waals surface area contributed by atoms with E-state index in [-0.39, 0.29) is 34.3 Å². The minimum Gasteiger partial charge on any atom is -0.346 e. The summed E-state index contributed by atoms with van der Waals surface area (Å²) in [5.41, 5.74) is 1.02. The van der Waals surface area contributed by atoms with Crippen LogP contribution >= 0.6 is 0 Å². The van der Waals surface area contributed by atoms with E-state index in [4.69, 9.17) is 0 Å². The predicted octanol–water partition coefficient (Wildman–Crippen LogP) is 2.76. The Labute approximate surface area is 146 Å². The van der Waals surface area contributed by atoms with Gasteiger partial charge in [-0.25, -0.2) is 17.5 Å². The first-order valence-electron chi connectivity index (χ1n) is 8.04. The minimum absolute atomic E-state index is 0.000908. The Bertz CT molecular complexity index is 877. The lowest BCUT2D eigenvalue weighted by Gasteiger charge is -2.15. The van der Waals surface area contributed by atoms with E-state index in [1.807, 2.05) is 0 Å². The summed E-state index contributed by atoms with van der Waals surface area (Å²) in [7, 11) is -3.61. The SMILES string of the molecule is C[C@@H](NC(=O)c1cccc(S(=O)(=O)NC2CC2)c1)c1ccc(F)cc1. The van der Waals surface area contributed by atoms with Crippen LogP contribution in [0.1, 0.15) is 41.7 Å². The normalized spacial score (nSPS) is 15.6. The monoisotopic (exact) mass is 362 g/mol. The van der Waals surface area contributed by atoms with Gasteiger partial charge in [-0.1, -0.05) is 18.2 Å². The number of carbonyl (C=O) groups excluding carboxylic acids is 1. The zero-order valence-electron chi connectivity index (χ0n) is 13.7. The number of halogens is 1. The third-order valence-corrected chi connectivity index (χ3v) is 5.54. The summed E-state index contributed by atoms with van der Waals surface area (Å²) in [6.45, 7) is 1.78. The summed E-state index contributed by atoms with van der Waals surface area (Å²) < 4.78 is 40.1. The third kappa shape index (κ3) is 4.43. The van der Waals surface area contributed by atoms with Crippen LogP contribution in [0.3, 0.4) is 0 Å². The molecular weight excluding hydrogens is 343 g/mol. The van der Waals surface area contributed by atoms with E-state index in [0.717, 1.165) is 18.4 Å². The standard InChI is InChI=1S/C18H19FN2O3S/c1-12(13-5-7-15(19)8-6-13)20-18(22)14-3-2-4-17(11-14)25(23,24)21-16-9-10-16/h2-8,11-12,16,21H,9-10H2,1H3,(H,20,22)/t12-/m1/s1. The summed E-state index contributed by atoms with van der Waals surface area (Å²) in [6.07, 6.45) is 1.68. The van der Waals surface area contributed by atoms with Crippen LogP contribution in [0.4, 0.5) is 4.39 Å². The van der Waals surface area contributed by atoms with Crippen molar-refractivity contribution in [2.75, 3.05) is 0 Å². The van der Waals surface area contributed by atoms with Crippen molar-refractivity contribution in [3.8, 4) is 0 Å². The Morgan fingerprint density at radius 2 is 1.84 bits per heavy atom. The molecule has 1 fully saturated rings. The van der Waals surface area contributed by atoms with E-state index >= 15 is 0 Å². The van der Waals surface area contributed by atoms with Gasteiger partial charge in [-0.05, 0) is 55.7 Å². The van der Waals surface area contributed by atoms with Crippen LogP contribution in [0.5, 0.6) is 0 Å². The molecule has 7 heteroatoms. The van der Waals surface area contributed by atoms with Crippen molar-refractivity contribution in [2.24, 2.45) is 0 Å². The fourth-order valence-corrected chi connectivity index (χ4v) is 3.76. The maximum Gasteiger partial charge on any atom is 0.251 e. The van der Waals surface area contributed by atoms with E-state index in [1.54, 1.807) is 31.2 Å². The van der Waals surface area contributed by atoms with Gasteiger partial charge in [-0.3, -0.25) is 4.79 Å². The highest BCUT2D eigenvalue weighted by molar-refractivity contribution is 7.89. The van der Waals surface area contributed by atoms with Crippen molar-refractivity contribution in [2.45, 2.75) is 36.7 Å². The average molecular weight is 362 g/mol. The van der Waals surface area contributed by atoms with Crippen LogP contribution in [0.2, 0.25) is 0 Å². The summed E-state index contributed by atoms with van der Waals surface area (Å²) in [6, 6.07) is 11.4. The van der Waals surface area contributed by atoms with E-state index in [2.05, 4.69) is 10.0 Å². The molecule has 0 radical (unpaired) electrons. The maximum atomic E-state index is 13.0. The Morgan fingerprint density at radius 1 is 1.16 bits per heavy atom. The van der Waals surface area contributed by atoms with Crippen molar-refractivity contribution in [1.29, 1.82) is 0 Å². The highest BCUT2D eigenvalue weighted by Gasteiger charge is 2.28. The molecular formula is C18H19FN2O3S. The van der Waals surface area contributed by atoms with E-state index in [0.29, 0.717) is 0 Å². The molecule has 0 aromatic heterocycles. The topological polar surface area (TPSA) is 75.3 Å². The van der Waals surface area contributed by atoms with E-state index in [1.165, 1.54) is 24.3 Å². The van der Waals surface area contributed by atoms with Gasteiger partial charge < -0.3 is 5.32 Å². The van der Waals surface area contributed by atoms with Gasteiger partial charge in [0.2, 0.25) is 10.0 Å². The lowest BCUT2D eigenvalue weighted by atomic mass is 10.1. The molecule has 25 heavy (non-hydrogen) atoms. The zero-order chi connectivity index (χ0) is 18.0. The molecule has 1 aliphatic rings. The Balaban J connectivity index is 1.73. The maximum absolute atomic E-state index is 13.0. The van der Waals surface area contributed by atoms with Gasteiger partial charge in [0.05, 0.1) is 10.9 Å². The number of hydrogen-bond acceptors (Lipinski definition) is 3. The first-order valence-corrected chi connectivity index (χ1v) is 9.52. The highest BCUT2D eigenvalue weighted by atomic mass is 32.2. The lowest BCUT2D eigenvalue weighted by Crippen LogP contribution is -2.28. The summed E-state index contributed by atoms with van der Waals surface area (Å²) in [5.74, 6) is -0.733. The molecule has 2 aromatic carbocycles. The van der Waals surface area contributed by atoms with Crippen LogP contribution < -0.4 is 10.0 Å². The molecule has 2 aromatic rings. The van der Waals surface area contributed by atoms with Gasteiger partial charge in [0.1, 0.15) is 5.82 Å². The van der Waals surface area contributed by atoms with E-state index in [9.17, 15) is 17.6 Å². The first-order chi connectivity index (χ1) is 11.8. The van der Waals surface area contributed by atoms with Crippen molar-refractivity contribution in [3.63, 3.8) is 0 Å². The molecule has 0 aliphatic heterocycles. The Morgan fingerprint density at radius 3 is 2.48 bits per heavy atom. The molecule has 2 N–H and O–H groups in total. The van der Waals surface area contributed by atoms with Crippen LogP contribution in [-0.2, 0) is 10.0 Å². The van der Waals surface area contributed by atoms with Gasteiger partial charge in [0.15, 0.2) is 0 Å². The number of rotatable bonds is 6. The average Bonchev–Trinajstić information content (AvgIpc) is 3.39. The molecule has 5 nitrogen and oxygen atoms in total. The van der Waals surface area contributed by atoms with Crippen molar-refractivity contribution < 1.29 is 17.6 Å². The molecule has 0 bridgehead atoms. The van der Waals surface area contributed by atoms with Gasteiger partial charge in [-0.2, -0.15) is 0 Å². The van der Waals surface area contributed by atoms with E-state index < -0.39 is 10.0 Å². The molecule has 1 saturated carbocycles.